The molecule has 0 radical (unpaired) electrons. The lowest BCUT2D eigenvalue weighted by Crippen LogP contribution is -2.24. The smallest absolute Gasteiger partial charge is 0.221 e. The molecule has 11 heavy (non-hydrogen) atoms. The van der Waals surface area contributed by atoms with Gasteiger partial charge < -0.3 is 10.2 Å². The van der Waals surface area contributed by atoms with Gasteiger partial charge in [-0.2, -0.15) is 0 Å². The number of amides is 2. The fourth-order valence-electron chi connectivity index (χ4n) is 0.543. The maximum Gasteiger partial charge on any atom is 0.221 e. The molecule has 0 fully saturated rings. The van der Waals surface area contributed by atoms with Crippen molar-refractivity contribution >= 4 is 12.3 Å². The zero-order valence-electron chi connectivity index (χ0n) is 6.54. The van der Waals surface area contributed by atoms with Gasteiger partial charge in [-0.25, -0.2) is 0 Å². The van der Waals surface area contributed by atoms with Crippen molar-refractivity contribution in [3.8, 4) is 0 Å². The lowest BCUT2D eigenvalue weighted by atomic mass is 10.4. The van der Waals surface area contributed by atoms with E-state index in [4.69, 9.17) is 0 Å². The van der Waals surface area contributed by atoms with Gasteiger partial charge in [-0.05, 0) is 6.20 Å². The van der Waals surface area contributed by atoms with Crippen LogP contribution in [0.5, 0.6) is 0 Å². The van der Waals surface area contributed by atoms with Crippen LogP contribution in [0.3, 0.4) is 0 Å². The van der Waals surface area contributed by atoms with Gasteiger partial charge in [-0.1, -0.05) is 6.58 Å². The fraction of sp³-hybridized carbons (Fsp3) is 0.429. The third-order valence-electron chi connectivity index (χ3n) is 1.25. The lowest BCUT2D eigenvalue weighted by molar-refractivity contribution is -0.121. The number of rotatable bonds is 5. The van der Waals surface area contributed by atoms with E-state index in [0.717, 1.165) is 0 Å². The number of nitrogens with one attached hydrogen (secondary N) is 1. The zero-order chi connectivity index (χ0) is 8.69. The van der Waals surface area contributed by atoms with Crippen LogP contribution in [0.4, 0.5) is 0 Å². The Hall–Kier alpha value is -1.32. The number of carbonyl (C=O) groups excluding carboxylic acids is 2. The third-order valence-corrected chi connectivity index (χ3v) is 1.25. The molecular weight excluding hydrogens is 144 g/mol. The van der Waals surface area contributed by atoms with Crippen molar-refractivity contribution in [1.82, 2.24) is 10.2 Å². The van der Waals surface area contributed by atoms with Crippen LogP contribution in [0.25, 0.3) is 0 Å². The average Bonchev–Trinajstić information content (AvgIpc) is 2.06. The fourth-order valence-corrected chi connectivity index (χ4v) is 0.543. The Bertz CT molecular complexity index is 149. The second-order valence-electron chi connectivity index (χ2n) is 1.95. The van der Waals surface area contributed by atoms with Crippen LogP contribution in [-0.4, -0.2) is 30.8 Å². The predicted molar refractivity (Wildman–Crippen MR) is 41.7 cm³/mol. The first-order valence-corrected chi connectivity index (χ1v) is 3.28. The molecule has 0 bridgehead atoms. The minimum Gasteiger partial charge on any atom is -0.359 e. The molecule has 4 nitrogen and oxygen atoms in total. The molecule has 0 aromatic rings. The zero-order valence-corrected chi connectivity index (χ0v) is 6.54. The van der Waals surface area contributed by atoms with E-state index in [2.05, 4.69) is 11.9 Å². The van der Waals surface area contributed by atoms with Crippen molar-refractivity contribution in [2.75, 3.05) is 13.6 Å². The molecule has 0 aliphatic heterocycles. The van der Waals surface area contributed by atoms with Crippen molar-refractivity contribution in [3.05, 3.63) is 12.8 Å². The molecule has 0 aromatic carbocycles. The summed E-state index contributed by atoms with van der Waals surface area (Å²) in [4.78, 5) is 22.1. The van der Waals surface area contributed by atoms with Crippen molar-refractivity contribution in [2.24, 2.45) is 0 Å². The van der Waals surface area contributed by atoms with E-state index in [0.29, 0.717) is 19.4 Å². The highest BCUT2D eigenvalue weighted by Crippen LogP contribution is 1.86. The Labute approximate surface area is 65.9 Å². The van der Waals surface area contributed by atoms with E-state index in [-0.39, 0.29) is 5.91 Å². The summed E-state index contributed by atoms with van der Waals surface area (Å²) in [6.07, 6.45) is 2.33. The second-order valence-corrected chi connectivity index (χ2v) is 1.95. The van der Waals surface area contributed by atoms with Gasteiger partial charge in [0.1, 0.15) is 0 Å². The second kappa shape index (κ2) is 5.46. The number of carbonyl (C=O) groups is 2. The molecule has 0 unspecified atom stereocenters. The number of hydrogen-bond acceptors (Lipinski definition) is 2. The van der Waals surface area contributed by atoms with Gasteiger partial charge in [0.15, 0.2) is 0 Å². The van der Waals surface area contributed by atoms with E-state index in [1.807, 2.05) is 0 Å². The normalized spacial score (nSPS) is 8.45. The summed E-state index contributed by atoms with van der Waals surface area (Å²) in [5.74, 6) is -0.0845. The highest BCUT2D eigenvalue weighted by Gasteiger charge is 2.00. The van der Waals surface area contributed by atoms with Gasteiger partial charge in [0, 0.05) is 20.0 Å². The molecule has 0 spiro atoms. The highest BCUT2D eigenvalue weighted by molar-refractivity contribution is 5.75. The molecule has 0 rings (SSSR count). The van der Waals surface area contributed by atoms with Crippen LogP contribution in [0.2, 0.25) is 0 Å². The standard InChI is InChI=1S/C7H12N2O2/c1-3-9(6-10)5-4-7(11)8-2/h3,6H,1,4-5H2,2H3,(H,8,11). The van der Waals surface area contributed by atoms with E-state index in [1.165, 1.54) is 11.1 Å². The van der Waals surface area contributed by atoms with Crippen molar-refractivity contribution in [3.63, 3.8) is 0 Å². The Balaban J connectivity index is 3.58. The van der Waals surface area contributed by atoms with E-state index in [1.54, 1.807) is 7.05 Å². The molecule has 0 saturated heterocycles. The monoisotopic (exact) mass is 156 g/mol. The molecule has 0 aliphatic rings. The molecule has 0 aliphatic carbocycles. The quantitative estimate of drug-likeness (QED) is 0.557. The minimum atomic E-state index is -0.0845. The maximum absolute atomic E-state index is 10.7. The third kappa shape index (κ3) is 4.13. The van der Waals surface area contributed by atoms with Crippen molar-refractivity contribution in [2.45, 2.75) is 6.42 Å². The molecular formula is C7H12N2O2. The summed E-state index contributed by atoms with van der Waals surface area (Å²) in [5.41, 5.74) is 0. The first kappa shape index (κ1) is 9.68. The first-order valence-electron chi connectivity index (χ1n) is 3.28. The molecule has 2 amide bonds. The minimum absolute atomic E-state index is 0.0845. The van der Waals surface area contributed by atoms with Gasteiger partial charge in [0.05, 0.1) is 0 Å². The predicted octanol–water partition coefficient (Wildman–Crippen LogP) is -0.276. The molecule has 62 valence electrons. The summed E-state index contributed by atoms with van der Waals surface area (Å²) >= 11 is 0. The number of hydrogen-bond donors (Lipinski definition) is 1. The lowest BCUT2D eigenvalue weighted by Gasteiger charge is -2.09. The summed E-state index contributed by atoms with van der Waals surface area (Å²) in [7, 11) is 1.56. The Kier molecular flexibility index (Phi) is 4.81. The van der Waals surface area contributed by atoms with Crippen LogP contribution >= 0.6 is 0 Å². The molecule has 0 atom stereocenters. The van der Waals surface area contributed by atoms with E-state index in [9.17, 15) is 9.59 Å². The summed E-state index contributed by atoms with van der Waals surface area (Å²) in [6, 6.07) is 0. The Morgan fingerprint density at radius 3 is 2.73 bits per heavy atom. The van der Waals surface area contributed by atoms with Gasteiger partial charge >= 0.3 is 0 Å². The van der Waals surface area contributed by atoms with Crippen molar-refractivity contribution < 1.29 is 9.59 Å². The highest BCUT2D eigenvalue weighted by atomic mass is 16.2. The average molecular weight is 156 g/mol. The summed E-state index contributed by atoms with van der Waals surface area (Å²) < 4.78 is 0. The largest absolute Gasteiger partial charge is 0.359 e. The Morgan fingerprint density at radius 2 is 2.36 bits per heavy atom. The van der Waals surface area contributed by atoms with Crippen molar-refractivity contribution in [1.29, 1.82) is 0 Å². The van der Waals surface area contributed by atoms with Crippen LogP contribution in [0.15, 0.2) is 12.8 Å². The molecule has 0 aromatic heterocycles. The van der Waals surface area contributed by atoms with Gasteiger partial charge in [-0.3, -0.25) is 9.59 Å². The topological polar surface area (TPSA) is 49.4 Å². The molecule has 0 heterocycles. The molecule has 0 saturated carbocycles. The first-order chi connectivity index (χ1) is 5.24. The van der Waals surface area contributed by atoms with Gasteiger partial charge in [0.2, 0.25) is 12.3 Å². The Morgan fingerprint density at radius 1 is 1.73 bits per heavy atom. The van der Waals surface area contributed by atoms with Crippen LogP contribution in [0, 0.1) is 0 Å². The summed E-state index contributed by atoms with van der Waals surface area (Å²) in [6.45, 7) is 3.78. The van der Waals surface area contributed by atoms with E-state index >= 15 is 0 Å². The van der Waals surface area contributed by atoms with Gasteiger partial charge in [0.25, 0.3) is 0 Å². The van der Waals surface area contributed by atoms with Crippen LogP contribution < -0.4 is 5.32 Å². The molecule has 4 heteroatoms. The van der Waals surface area contributed by atoms with Gasteiger partial charge in [-0.15, -0.1) is 0 Å². The van der Waals surface area contributed by atoms with Crippen LogP contribution in [-0.2, 0) is 9.59 Å². The number of nitrogens with zero attached hydrogens (tertiary/aromatic N) is 1. The maximum atomic E-state index is 10.7. The van der Waals surface area contributed by atoms with E-state index < -0.39 is 0 Å². The van der Waals surface area contributed by atoms with Crippen LogP contribution in [0.1, 0.15) is 6.42 Å². The molecule has 1 N–H and O–H groups in total. The summed E-state index contributed by atoms with van der Waals surface area (Å²) in [5, 5.41) is 2.45. The SMILES string of the molecule is C=CN(C=O)CCC(=O)NC.